The molecule has 0 amide bonds. The summed E-state index contributed by atoms with van der Waals surface area (Å²) < 4.78 is 11.5. The van der Waals surface area contributed by atoms with Crippen LogP contribution in [0.15, 0.2) is 42.6 Å². The van der Waals surface area contributed by atoms with E-state index in [9.17, 15) is 9.36 Å². The van der Waals surface area contributed by atoms with E-state index in [-0.39, 0.29) is 5.52 Å². The number of rotatable bonds is 1. The molecule has 1 aliphatic heterocycles. The molecule has 1 aliphatic rings. The largest absolute Gasteiger partial charge is 0.424 e. The van der Waals surface area contributed by atoms with E-state index in [2.05, 4.69) is 4.98 Å². The Kier molecular flexibility index (Phi) is 2.34. The molecule has 1 unspecified atom stereocenters. The van der Waals surface area contributed by atoms with Crippen LogP contribution in [0, 0.1) is 0 Å². The van der Waals surface area contributed by atoms with Crippen molar-refractivity contribution >= 4 is 13.3 Å². The van der Waals surface area contributed by atoms with E-state index in [1.54, 1.807) is 12.3 Å². The average Bonchev–Trinajstić information content (AvgIpc) is 2.66. The predicted molar refractivity (Wildman–Crippen MR) is 65.3 cm³/mol. The highest BCUT2D eigenvalue weighted by atomic mass is 31.1. The van der Waals surface area contributed by atoms with Gasteiger partial charge in [-0.25, -0.2) is 4.79 Å². The van der Waals surface area contributed by atoms with Gasteiger partial charge in [-0.15, -0.1) is 0 Å². The lowest BCUT2D eigenvalue weighted by Gasteiger charge is -2.01. The monoisotopic (exact) mass is 242 g/mol. The molecule has 0 spiro atoms. The van der Waals surface area contributed by atoms with Gasteiger partial charge in [0.2, 0.25) is 0 Å². The van der Waals surface area contributed by atoms with Crippen LogP contribution in [0.25, 0.3) is 11.3 Å². The van der Waals surface area contributed by atoms with Crippen molar-refractivity contribution in [3.05, 3.63) is 53.7 Å². The Balaban J connectivity index is 2.10. The molecule has 2 heterocycles. The Morgan fingerprint density at radius 1 is 1.18 bits per heavy atom. The summed E-state index contributed by atoms with van der Waals surface area (Å²) in [4.78, 5) is 15.8. The minimum absolute atomic E-state index is 0.220. The first-order chi connectivity index (χ1) is 8.25. The fourth-order valence-electron chi connectivity index (χ4n) is 1.99. The van der Waals surface area contributed by atoms with Crippen LogP contribution in [0.2, 0.25) is 0 Å². The van der Waals surface area contributed by atoms with Gasteiger partial charge in [-0.2, -0.15) is 0 Å². The number of aromatic nitrogens is 1. The van der Waals surface area contributed by atoms with Crippen molar-refractivity contribution in [1.82, 2.24) is 4.98 Å². The Morgan fingerprint density at radius 2 is 2.06 bits per heavy atom. The van der Waals surface area contributed by atoms with Gasteiger partial charge >= 0.3 is 13.3 Å². The summed E-state index contributed by atoms with van der Waals surface area (Å²) in [6.45, 7) is 0. The number of pyridine rings is 1. The van der Waals surface area contributed by atoms with Crippen LogP contribution in [-0.4, -0.2) is 10.5 Å². The first-order valence-electron chi connectivity index (χ1n) is 5.29. The molecule has 2 aromatic rings. The molecule has 1 atom stereocenters. The molecule has 0 saturated carbocycles. The highest BCUT2D eigenvalue weighted by molar-refractivity contribution is 7.64. The van der Waals surface area contributed by atoms with Gasteiger partial charge in [0.15, 0.2) is 6.16 Å². The van der Waals surface area contributed by atoms with E-state index in [0.717, 1.165) is 16.8 Å². The number of hydrogen-bond donors (Lipinski definition) is 0. The fourth-order valence-corrected chi connectivity index (χ4v) is 3.19. The summed E-state index contributed by atoms with van der Waals surface area (Å²) >= 11 is 0. The number of fused-ring (bicyclic) bond motifs is 1. The normalized spacial score (nSPS) is 16.0. The van der Waals surface area contributed by atoms with Crippen LogP contribution in [0.4, 0.5) is 0 Å². The second-order valence-electron chi connectivity index (χ2n) is 3.93. The molecule has 0 saturated heterocycles. The number of hydrogen-bond acceptors (Lipinski definition) is 3. The maximum Gasteiger partial charge on any atom is 0.424 e. The van der Waals surface area contributed by atoms with Gasteiger partial charge in [-0.3, -0.25) is 4.98 Å². The molecule has 0 radical (unpaired) electrons. The minimum Gasteiger partial charge on any atom is -0.256 e. The average molecular weight is 242 g/mol. The van der Waals surface area contributed by atoms with Crippen molar-refractivity contribution in [2.45, 2.75) is 6.16 Å². The summed E-state index contributed by atoms with van der Waals surface area (Å²) in [5, 5.41) is 0. The molecule has 0 aliphatic carbocycles. The third kappa shape index (κ3) is 1.69. The van der Waals surface area contributed by atoms with Crippen molar-refractivity contribution in [1.29, 1.82) is 0 Å². The van der Waals surface area contributed by atoms with Gasteiger partial charge in [0.05, 0.1) is 11.3 Å². The van der Waals surface area contributed by atoms with Crippen molar-refractivity contribution in [2.75, 3.05) is 0 Å². The second-order valence-corrected chi connectivity index (χ2v) is 5.41. The van der Waals surface area contributed by atoms with Crippen molar-refractivity contribution in [3.8, 4) is 11.3 Å². The molecule has 3 rings (SSSR count). The molecular weight excluding hydrogens is 233 g/mol. The van der Waals surface area contributed by atoms with Crippen molar-refractivity contribution < 1.29 is 9.36 Å². The Morgan fingerprint density at radius 3 is 2.82 bits per heavy atom. The zero-order valence-corrected chi connectivity index (χ0v) is 9.85. The zero-order chi connectivity index (χ0) is 11.8. The Hall–Kier alpha value is -1.86. The van der Waals surface area contributed by atoms with E-state index < -0.39 is 7.80 Å². The lowest BCUT2D eigenvalue weighted by Crippen LogP contribution is -1.90. The van der Waals surface area contributed by atoms with Crippen LogP contribution < -0.4 is 0 Å². The highest BCUT2D eigenvalue weighted by Crippen LogP contribution is 2.41. The van der Waals surface area contributed by atoms with Crippen LogP contribution in [0.5, 0.6) is 0 Å². The maximum absolute atomic E-state index is 11.5. The molecule has 1 aromatic carbocycles. The van der Waals surface area contributed by atoms with Gasteiger partial charge in [0.25, 0.3) is 0 Å². The van der Waals surface area contributed by atoms with Crippen molar-refractivity contribution in [3.63, 3.8) is 0 Å². The quantitative estimate of drug-likeness (QED) is 0.721. The fraction of sp³-hybridized carbons (Fsp3) is 0.0769. The molecule has 0 N–H and O–H groups in total. The predicted octanol–water partition coefficient (Wildman–Crippen LogP) is 3.23. The van der Waals surface area contributed by atoms with Crippen molar-refractivity contribution in [2.24, 2.45) is 0 Å². The molecule has 4 heteroatoms. The summed E-state index contributed by atoms with van der Waals surface area (Å²) in [7, 11) is -1.74. The summed E-state index contributed by atoms with van der Waals surface area (Å²) in [6.07, 6.45) is 2.10. The SMILES string of the molecule is O=C1c2ccc(-c3ccccn3)cc2C[P+]1=O. The Bertz CT molecular complexity index is 623. The molecule has 0 bridgehead atoms. The highest BCUT2D eigenvalue weighted by Gasteiger charge is 2.40. The van der Waals surface area contributed by atoms with Gasteiger partial charge in [-0.1, -0.05) is 16.7 Å². The third-order valence-electron chi connectivity index (χ3n) is 2.84. The van der Waals surface area contributed by atoms with Gasteiger partial charge in [0, 0.05) is 17.3 Å². The van der Waals surface area contributed by atoms with Crippen LogP contribution in [0.3, 0.4) is 0 Å². The van der Waals surface area contributed by atoms with E-state index >= 15 is 0 Å². The number of nitrogens with zero attached hydrogens (tertiary/aromatic N) is 1. The van der Waals surface area contributed by atoms with Crippen LogP contribution in [0.1, 0.15) is 15.9 Å². The van der Waals surface area contributed by atoms with Crippen LogP contribution in [-0.2, 0) is 10.7 Å². The second kappa shape index (κ2) is 3.86. The number of carbonyl (C=O) groups excluding carboxylic acids is 1. The molecule has 1 aromatic heterocycles. The zero-order valence-electron chi connectivity index (χ0n) is 8.96. The molecule has 17 heavy (non-hydrogen) atoms. The smallest absolute Gasteiger partial charge is 0.256 e. The van der Waals surface area contributed by atoms with Gasteiger partial charge < -0.3 is 0 Å². The lowest BCUT2D eigenvalue weighted by molar-refractivity contribution is 0.108. The van der Waals surface area contributed by atoms with Crippen LogP contribution >= 0.6 is 7.80 Å². The van der Waals surface area contributed by atoms with Gasteiger partial charge in [0.1, 0.15) is 0 Å². The Labute approximate surface area is 99.3 Å². The topological polar surface area (TPSA) is 47.0 Å². The van der Waals surface area contributed by atoms with Gasteiger partial charge in [-0.05, 0) is 24.3 Å². The maximum atomic E-state index is 11.5. The summed E-state index contributed by atoms with van der Waals surface area (Å²) in [5.41, 5.74) is 3.08. The van der Waals surface area contributed by atoms with E-state index in [4.69, 9.17) is 0 Å². The first-order valence-corrected chi connectivity index (χ1v) is 6.73. The molecular formula is C13H9NO2P+. The van der Waals surface area contributed by atoms with E-state index in [1.807, 2.05) is 30.3 Å². The standard InChI is InChI=1S/C13H9NO2P/c15-13-11-5-4-9(7-10(11)8-17(13)16)12-3-1-2-6-14-12/h1-7H,8H2/q+1. The van der Waals surface area contributed by atoms with E-state index in [0.29, 0.717) is 11.7 Å². The number of benzene rings is 1. The lowest BCUT2D eigenvalue weighted by atomic mass is 10.0. The third-order valence-corrected chi connectivity index (χ3v) is 4.16. The molecule has 3 nitrogen and oxygen atoms in total. The summed E-state index contributed by atoms with van der Waals surface area (Å²) in [6, 6.07) is 11.2. The van der Waals surface area contributed by atoms with E-state index in [1.165, 1.54) is 0 Å². The minimum atomic E-state index is -1.74. The summed E-state index contributed by atoms with van der Waals surface area (Å²) in [5.74, 6) is 0. The first kappa shape index (κ1) is 10.3. The number of carbonyl (C=O) groups is 1. The molecule has 82 valence electrons. The molecule has 0 fully saturated rings.